The predicted octanol–water partition coefficient (Wildman–Crippen LogP) is 13.3. The van der Waals surface area contributed by atoms with Crippen molar-refractivity contribution in [1.82, 2.24) is 9.13 Å². The Morgan fingerprint density at radius 1 is 0.297 bits per heavy atom. The zero-order valence-corrected chi connectivity index (χ0v) is 36.7. The van der Waals surface area contributed by atoms with Crippen molar-refractivity contribution in [2.45, 2.75) is 0 Å². The third-order valence-corrected chi connectivity index (χ3v) is 19.5. The second kappa shape index (κ2) is 14.7. The van der Waals surface area contributed by atoms with Crippen LogP contribution in [0, 0.1) is 0 Å². The number of nitrogens with zero attached hydrogens (tertiary/aromatic N) is 2. The van der Waals surface area contributed by atoms with E-state index < -0.39 is 8.07 Å². The van der Waals surface area contributed by atoms with Gasteiger partial charge in [0, 0.05) is 53.1 Å². The molecule has 0 N–H and O–H groups in total. The fourth-order valence-electron chi connectivity index (χ4n) is 10.7. The largest absolute Gasteiger partial charge is 0.309 e. The predicted molar refractivity (Wildman–Crippen MR) is 277 cm³/mol. The van der Waals surface area contributed by atoms with Gasteiger partial charge < -0.3 is 9.13 Å². The monoisotopic (exact) mass is 848 g/mol. The Balaban J connectivity index is 0.990. The highest BCUT2D eigenvalue weighted by Gasteiger charge is 2.41. The summed E-state index contributed by atoms with van der Waals surface area (Å²) >= 11 is 1.89. The van der Waals surface area contributed by atoms with E-state index in [-0.39, 0.29) is 0 Å². The highest BCUT2D eigenvalue weighted by molar-refractivity contribution is 7.26. The van der Waals surface area contributed by atoms with E-state index >= 15 is 0 Å². The smallest absolute Gasteiger partial charge is 0.179 e. The molecule has 0 amide bonds. The van der Waals surface area contributed by atoms with Crippen LogP contribution in [-0.4, -0.2) is 17.2 Å². The maximum absolute atomic E-state index is 2.67. The lowest BCUT2D eigenvalue weighted by Gasteiger charge is -2.34. The number of aromatic nitrogens is 2. The third-order valence-electron chi connectivity index (χ3n) is 13.5. The fourth-order valence-corrected chi connectivity index (χ4v) is 16.7. The molecule has 13 aromatic rings. The van der Waals surface area contributed by atoms with E-state index in [1.54, 1.807) is 0 Å². The van der Waals surface area contributed by atoms with Crippen molar-refractivity contribution >= 4 is 104 Å². The van der Waals surface area contributed by atoms with Gasteiger partial charge in [0.15, 0.2) is 8.07 Å². The van der Waals surface area contributed by atoms with Crippen molar-refractivity contribution in [2.75, 3.05) is 0 Å². The molecule has 0 bridgehead atoms. The number of hydrogen-bond acceptors (Lipinski definition) is 1. The Morgan fingerprint density at radius 2 is 0.781 bits per heavy atom. The van der Waals surface area contributed by atoms with Gasteiger partial charge in [-0.2, -0.15) is 0 Å². The molecule has 0 aliphatic heterocycles. The second-order valence-electron chi connectivity index (χ2n) is 16.8. The van der Waals surface area contributed by atoms with E-state index in [4.69, 9.17) is 0 Å². The first-order valence-corrected chi connectivity index (χ1v) is 24.8. The summed E-state index contributed by atoms with van der Waals surface area (Å²) in [5, 5.41) is 13.1. The van der Waals surface area contributed by atoms with Gasteiger partial charge in [-0.05, 0) is 86.5 Å². The van der Waals surface area contributed by atoms with Crippen molar-refractivity contribution in [2.24, 2.45) is 0 Å². The Kier molecular flexibility index (Phi) is 8.45. The Labute approximate surface area is 376 Å². The molecule has 300 valence electrons. The van der Waals surface area contributed by atoms with Gasteiger partial charge in [-0.1, -0.05) is 188 Å². The van der Waals surface area contributed by atoms with Gasteiger partial charge in [0.25, 0.3) is 0 Å². The topological polar surface area (TPSA) is 9.86 Å². The average molecular weight is 849 g/mol. The molecule has 13 rings (SSSR count). The molecule has 0 aliphatic carbocycles. The van der Waals surface area contributed by atoms with Crippen LogP contribution in [0.2, 0.25) is 0 Å². The first kappa shape index (κ1) is 36.9. The molecule has 0 saturated heterocycles. The number of rotatable bonds is 7. The summed E-state index contributed by atoms with van der Waals surface area (Å²) in [7, 11) is -2.67. The third kappa shape index (κ3) is 5.50. The number of benzene rings is 10. The van der Waals surface area contributed by atoms with Crippen LogP contribution in [0.15, 0.2) is 243 Å². The minimum absolute atomic E-state index is 1.14. The van der Waals surface area contributed by atoms with Gasteiger partial charge >= 0.3 is 0 Å². The van der Waals surface area contributed by atoms with Gasteiger partial charge in [0.05, 0.1) is 22.1 Å². The highest BCUT2D eigenvalue weighted by atomic mass is 32.1. The summed E-state index contributed by atoms with van der Waals surface area (Å²) < 4.78 is 7.59. The Morgan fingerprint density at radius 3 is 1.44 bits per heavy atom. The van der Waals surface area contributed by atoms with E-state index in [2.05, 4.69) is 252 Å². The Bertz CT molecular complexity index is 3790. The van der Waals surface area contributed by atoms with Crippen molar-refractivity contribution in [1.29, 1.82) is 0 Å². The van der Waals surface area contributed by atoms with Crippen molar-refractivity contribution in [3.05, 3.63) is 243 Å². The second-order valence-corrected chi connectivity index (χ2v) is 21.7. The molecular weight excluding hydrogens is 809 g/mol. The van der Waals surface area contributed by atoms with Crippen LogP contribution in [0.3, 0.4) is 0 Å². The maximum Gasteiger partial charge on any atom is 0.179 e. The van der Waals surface area contributed by atoms with Crippen LogP contribution >= 0.6 is 11.3 Å². The lowest BCUT2D eigenvalue weighted by Crippen LogP contribution is -2.74. The molecule has 10 aromatic carbocycles. The van der Waals surface area contributed by atoms with Gasteiger partial charge in [-0.15, -0.1) is 11.3 Å². The number of para-hydroxylation sites is 2. The van der Waals surface area contributed by atoms with E-state index in [0.29, 0.717) is 0 Å². The van der Waals surface area contributed by atoms with Crippen LogP contribution in [-0.2, 0) is 0 Å². The minimum Gasteiger partial charge on any atom is -0.309 e. The summed E-state index contributed by atoms with van der Waals surface area (Å²) in [6.07, 6.45) is 0. The number of thiophene rings is 1. The minimum atomic E-state index is -2.67. The summed E-state index contributed by atoms with van der Waals surface area (Å²) in [5.41, 5.74) is 9.59. The van der Waals surface area contributed by atoms with Crippen LogP contribution in [0.1, 0.15) is 0 Å². The molecule has 4 heteroatoms. The average Bonchev–Trinajstić information content (AvgIpc) is 4.03. The fraction of sp³-hybridized carbons (Fsp3) is 0. The molecule has 3 aromatic heterocycles. The molecule has 2 nitrogen and oxygen atoms in total. The zero-order valence-electron chi connectivity index (χ0n) is 34.9. The normalized spacial score (nSPS) is 12.1. The zero-order chi connectivity index (χ0) is 42.2. The van der Waals surface area contributed by atoms with Gasteiger partial charge in [0.1, 0.15) is 0 Å². The molecule has 0 unspecified atom stereocenters. The summed E-state index contributed by atoms with van der Waals surface area (Å²) in [4.78, 5) is 0. The lowest BCUT2D eigenvalue weighted by atomic mass is 10.0. The van der Waals surface area contributed by atoms with Crippen LogP contribution in [0.4, 0.5) is 0 Å². The Hall–Kier alpha value is -7.76. The van der Waals surface area contributed by atoms with E-state index in [9.17, 15) is 0 Å². The molecule has 64 heavy (non-hydrogen) atoms. The molecule has 0 radical (unpaired) electrons. The maximum atomic E-state index is 2.46. The van der Waals surface area contributed by atoms with Crippen molar-refractivity contribution in [3.8, 4) is 22.5 Å². The first-order valence-electron chi connectivity index (χ1n) is 22.0. The van der Waals surface area contributed by atoms with Crippen LogP contribution in [0.5, 0.6) is 0 Å². The van der Waals surface area contributed by atoms with E-state index in [0.717, 1.165) is 11.4 Å². The lowest BCUT2D eigenvalue weighted by molar-refractivity contribution is 1.16. The summed E-state index contributed by atoms with van der Waals surface area (Å²) in [6, 6.07) is 90.4. The van der Waals surface area contributed by atoms with Gasteiger partial charge in [-0.3, -0.25) is 0 Å². The molecule has 0 saturated carbocycles. The highest BCUT2D eigenvalue weighted by Crippen LogP contribution is 2.42. The molecular formula is C60H40N2SSi. The molecule has 0 atom stereocenters. The van der Waals surface area contributed by atoms with Crippen molar-refractivity contribution < 1.29 is 0 Å². The van der Waals surface area contributed by atoms with Crippen LogP contribution < -0.4 is 20.7 Å². The van der Waals surface area contributed by atoms with Gasteiger partial charge in [0.2, 0.25) is 0 Å². The van der Waals surface area contributed by atoms with Crippen LogP contribution in [0.25, 0.3) is 86.3 Å². The van der Waals surface area contributed by atoms with E-state index in [1.807, 2.05) is 11.3 Å². The van der Waals surface area contributed by atoms with Gasteiger partial charge in [-0.25, -0.2) is 0 Å². The molecule has 0 fully saturated rings. The van der Waals surface area contributed by atoms with Crippen molar-refractivity contribution in [3.63, 3.8) is 0 Å². The standard InChI is InChI=1S/C60H40N2SSi/c1-4-17-44(18-5-1)64(45-19-6-2-7-20-45,46-21-8-3-9-22-46)47-35-32-42(33-36-47)61-55-28-13-10-23-49(55)51-37-34-43(40-58(51)61)62-56-29-14-11-24-50(56)54-39-41(31-38-57(54)62)48-26-16-27-53-52-25-12-15-30-59(52)63-60(48)53/h1-40H. The van der Waals surface area contributed by atoms with E-state index in [1.165, 1.54) is 95.7 Å². The summed E-state index contributed by atoms with van der Waals surface area (Å²) in [5.74, 6) is 0. The quantitative estimate of drug-likeness (QED) is 0.112. The summed E-state index contributed by atoms with van der Waals surface area (Å²) in [6.45, 7) is 0. The first-order chi connectivity index (χ1) is 31.8. The molecule has 0 aliphatic rings. The SMILES string of the molecule is c1ccc([Si](c2ccccc2)(c2ccccc2)c2ccc(-n3c4ccccc4c4ccc(-n5c6ccccc6c6cc(-c7cccc8c7sc7ccccc78)ccc65)cc43)cc2)cc1. The molecule has 0 spiro atoms. The molecule has 3 heterocycles. The number of fused-ring (bicyclic) bond motifs is 9. The number of hydrogen-bond donors (Lipinski definition) is 0.